The van der Waals surface area contributed by atoms with Gasteiger partial charge in [-0.25, -0.2) is 0 Å². The quantitative estimate of drug-likeness (QED) is 0.740. The van der Waals surface area contributed by atoms with Gasteiger partial charge in [0.15, 0.2) is 5.82 Å². The van der Waals surface area contributed by atoms with Crippen LogP contribution >= 0.6 is 27.3 Å². The number of carbonyl (C=O) groups excluding carboxylic acids is 1. The van der Waals surface area contributed by atoms with E-state index in [0.29, 0.717) is 12.2 Å². The SMILES string of the molecule is O=C(Cc1cccs1)NCc1nnnn1-c1ccc(Br)cc1. The fourth-order valence-corrected chi connectivity index (χ4v) is 2.88. The molecule has 2 aromatic heterocycles. The molecule has 112 valence electrons. The van der Waals surface area contributed by atoms with Crippen LogP contribution < -0.4 is 5.32 Å². The van der Waals surface area contributed by atoms with Crippen molar-refractivity contribution in [2.24, 2.45) is 0 Å². The van der Waals surface area contributed by atoms with Crippen molar-refractivity contribution >= 4 is 33.2 Å². The minimum absolute atomic E-state index is 0.0483. The number of thiophene rings is 1. The van der Waals surface area contributed by atoms with E-state index >= 15 is 0 Å². The molecule has 0 unspecified atom stereocenters. The predicted octanol–water partition coefficient (Wildman–Crippen LogP) is 2.35. The lowest BCUT2D eigenvalue weighted by Crippen LogP contribution is -2.26. The van der Waals surface area contributed by atoms with Crippen molar-refractivity contribution in [2.45, 2.75) is 13.0 Å². The first kappa shape index (κ1) is 14.9. The van der Waals surface area contributed by atoms with Gasteiger partial charge in [0.25, 0.3) is 0 Å². The van der Waals surface area contributed by atoms with Gasteiger partial charge < -0.3 is 5.32 Å². The predicted molar refractivity (Wildman–Crippen MR) is 86.7 cm³/mol. The lowest BCUT2D eigenvalue weighted by Gasteiger charge is -2.06. The summed E-state index contributed by atoms with van der Waals surface area (Å²) >= 11 is 4.95. The zero-order chi connectivity index (χ0) is 15.4. The van der Waals surface area contributed by atoms with Crippen LogP contribution in [0, 0.1) is 0 Å². The molecule has 1 aromatic carbocycles. The number of halogens is 1. The van der Waals surface area contributed by atoms with Crippen LogP contribution in [0.3, 0.4) is 0 Å². The highest BCUT2D eigenvalue weighted by Crippen LogP contribution is 2.14. The fourth-order valence-electron chi connectivity index (χ4n) is 1.91. The smallest absolute Gasteiger partial charge is 0.225 e. The highest BCUT2D eigenvalue weighted by molar-refractivity contribution is 9.10. The Bertz CT molecular complexity index is 754. The molecule has 0 aliphatic rings. The van der Waals surface area contributed by atoms with Crippen LogP contribution in [0.4, 0.5) is 0 Å². The Balaban J connectivity index is 1.65. The van der Waals surface area contributed by atoms with Crippen LogP contribution in [0.25, 0.3) is 5.69 Å². The average molecular weight is 378 g/mol. The molecule has 1 N–H and O–H groups in total. The molecule has 0 fully saturated rings. The molecule has 0 aliphatic heterocycles. The molecule has 0 radical (unpaired) electrons. The van der Waals surface area contributed by atoms with Gasteiger partial charge in [-0.3, -0.25) is 4.79 Å². The maximum Gasteiger partial charge on any atom is 0.225 e. The van der Waals surface area contributed by atoms with Crippen LogP contribution in [0.2, 0.25) is 0 Å². The second-order valence-corrected chi connectivity index (χ2v) is 6.46. The summed E-state index contributed by atoms with van der Waals surface area (Å²) in [6.45, 7) is 0.285. The summed E-state index contributed by atoms with van der Waals surface area (Å²) in [7, 11) is 0. The summed E-state index contributed by atoms with van der Waals surface area (Å²) in [5.74, 6) is 0.537. The molecular weight excluding hydrogens is 366 g/mol. The van der Waals surface area contributed by atoms with Crippen molar-refractivity contribution in [1.82, 2.24) is 25.5 Å². The van der Waals surface area contributed by atoms with Gasteiger partial charge in [0, 0.05) is 9.35 Å². The van der Waals surface area contributed by atoms with Crippen molar-refractivity contribution in [2.75, 3.05) is 0 Å². The number of benzene rings is 1. The van der Waals surface area contributed by atoms with Crippen LogP contribution in [0.1, 0.15) is 10.7 Å². The Morgan fingerprint density at radius 3 is 2.82 bits per heavy atom. The second kappa shape index (κ2) is 6.80. The van der Waals surface area contributed by atoms with Gasteiger partial charge in [0.1, 0.15) is 0 Å². The van der Waals surface area contributed by atoms with Crippen molar-refractivity contribution in [3.8, 4) is 5.69 Å². The number of amides is 1. The Labute approximate surface area is 139 Å². The third kappa shape index (κ3) is 3.58. The van der Waals surface area contributed by atoms with E-state index in [2.05, 4.69) is 36.8 Å². The monoisotopic (exact) mass is 377 g/mol. The summed E-state index contributed by atoms with van der Waals surface area (Å²) in [6, 6.07) is 11.5. The maximum atomic E-state index is 11.9. The highest BCUT2D eigenvalue weighted by atomic mass is 79.9. The number of nitrogens with zero attached hydrogens (tertiary/aromatic N) is 4. The number of carbonyl (C=O) groups is 1. The van der Waals surface area contributed by atoms with Gasteiger partial charge >= 0.3 is 0 Å². The van der Waals surface area contributed by atoms with E-state index in [1.54, 1.807) is 16.0 Å². The summed E-state index contributed by atoms with van der Waals surface area (Å²) in [5, 5.41) is 16.4. The molecule has 3 aromatic rings. The first-order chi connectivity index (χ1) is 10.7. The number of rotatable bonds is 5. The summed E-state index contributed by atoms with van der Waals surface area (Å²) in [4.78, 5) is 12.9. The molecule has 22 heavy (non-hydrogen) atoms. The van der Waals surface area contributed by atoms with Crippen LogP contribution in [-0.2, 0) is 17.8 Å². The molecule has 0 bridgehead atoms. The van der Waals surface area contributed by atoms with E-state index in [-0.39, 0.29) is 12.5 Å². The Morgan fingerprint density at radius 1 is 1.27 bits per heavy atom. The Morgan fingerprint density at radius 2 is 2.09 bits per heavy atom. The van der Waals surface area contributed by atoms with Gasteiger partial charge in [-0.05, 0) is 46.1 Å². The van der Waals surface area contributed by atoms with Gasteiger partial charge in [-0.15, -0.1) is 16.4 Å². The van der Waals surface area contributed by atoms with E-state index in [0.717, 1.165) is 15.0 Å². The van der Waals surface area contributed by atoms with E-state index in [4.69, 9.17) is 0 Å². The summed E-state index contributed by atoms with van der Waals surface area (Å²) in [5.41, 5.74) is 0.843. The number of hydrogen-bond donors (Lipinski definition) is 1. The van der Waals surface area contributed by atoms with Crippen molar-refractivity contribution in [3.63, 3.8) is 0 Å². The van der Waals surface area contributed by atoms with Gasteiger partial charge in [-0.1, -0.05) is 22.0 Å². The molecule has 3 rings (SSSR count). The molecule has 0 spiro atoms. The van der Waals surface area contributed by atoms with Crippen LogP contribution in [-0.4, -0.2) is 26.1 Å². The second-order valence-electron chi connectivity index (χ2n) is 4.52. The van der Waals surface area contributed by atoms with E-state index < -0.39 is 0 Å². The zero-order valence-corrected chi connectivity index (χ0v) is 13.8. The minimum Gasteiger partial charge on any atom is -0.348 e. The third-order valence-corrected chi connectivity index (χ3v) is 4.37. The normalized spacial score (nSPS) is 10.6. The first-order valence-corrected chi connectivity index (χ1v) is 8.22. The summed E-state index contributed by atoms with van der Waals surface area (Å²) in [6.07, 6.45) is 0.373. The van der Waals surface area contributed by atoms with Crippen molar-refractivity contribution in [3.05, 3.63) is 57.0 Å². The van der Waals surface area contributed by atoms with E-state index in [1.807, 2.05) is 41.8 Å². The average Bonchev–Trinajstić information content (AvgIpc) is 3.17. The fraction of sp³-hybridized carbons (Fsp3) is 0.143. The first-order valence-electron chi connectivity index (χ1n) is 6.54. The Kier molecular flexibility index (Phi) is 4.59. The Hall–Kier alpha value is -2.06. The van der Waals surface area contributed by atoms with E-state index in [9.17, 15) is 4.79 Å². The lowest BCUT2D eigenvalue weighted by atomic mass is 10.3. The van der Waals surface area contributed by atoms with Gasteiger partial charge in [-0.2, -0.15) is 4.68 Å². The number of hydrogen-bond acceptors (Lipinski definition) is 5. The van der Waals surface area contributed by atoms with E-state index in [1.165, 1.54) is 0 Å². The standard InChI is InChI=1S/C14H12BrN5OS/c15-10-3-5-11(6-4-10)20-13(17-18-19-20)9-16-14(21)8-12-2-1-7-22-12/h1-7H,8-9H2,(H,16,21). The number of aromatic nitrogens is 4. The molecule has 0 aliphatic carbocycles. The van der Waals surface area contributed by atoms with Crippen molar-refractivity contribution in [1.29, 1.82) is 0 Å². The highest BCUT2D eigenvalue weighted by Gasteiger charge is 2.10. The molecule has 6 nitrogen and oxygen atoms in total. The molecule has 0 saturated heterocycles. The van der Waals surface area contributed by atoms with Gasteiger partial charge in [0.2, 0.25) is 5.91 Å². The van der Waals surface area contributed by atoms with Crippen LogP contribution in [0.5, 0.6) is 0 Å². The molecular formula is C14H12BrN5OS. The minimum atomic E-state index is -0.0483. The molecule has 1 amide bonds. The topological polar surface area (TPSA) is 72.7 Å². The molecule has 8 heteroatoms. The molecule has 0 atom stereocenters. The zero-order valence-electron chi connectivity index (χ0n) is 11.4. The van der Waals surface area contributed by atoms with Gasteiger partial charge in [0.05, 0.1) is 18.7 Å². The maximum absolute atomic E-state index is 11.9. The number of nitrogens with one attached hydrogen (secondary N) is 1. The molecule has 2 heterocycles. The molecule has 0 saturated carbocycles. The lowest BCUT2D eigenvalue weighted by molar-refractivity contribution is -0.120. The van der Waals surface area contributed by atoms with Crippen LogP contribution in [0.15, 0.2) is 46.3 Å². The summed E-state index contributed by atoms with van der Waals surface area (Å²) < 4.78 is 2.59. The number of tetrazole rings is 1. The third-order valence-electron chi connectivity index (χ3n) is 2.96. The largest absolute Gasteiger partial charge is 0.348 e. The van der Waals surface area contributed by atoms with Crippen molar-refractivity contribution < 1.29 is 4.79 Å².